The van der Waals surface area contributed by atoms with Gasteiger partial charge in [0.05, 0.1) is 29.5 Å². The van der Waals surface area contributed by atoms with E-state index in [-0.39, 0.29) is 6.04 Å². The minimum atomic E-state index is 0.0298. The van der Waals surface area contributed by atoms with Gasteiger partial charge in [-0.3, -0.25) is 4.68 Å². The number of halogens is 1. The largest absolute Gasteiger partial charge is 0.322 e. The fraction of sp³-hybridized carbons (Fsp3) is 0.750. The zero-order chi connectivity index (χ0) is 12.6. The predicted octanol–water partition coefficient (Wildman–Crippen LogP) is 1.75. The van der Waals surface area contributed by atoms with Gasteiger partial charge in [-0.05, 0) is 32.4 Å². The Bertz CT molecular complexity index is 388. The Morgan fingerprint density at radius 2 is 2.29 bits per heavy atom. The maximum absolute atomic E-state index is 6.28. The van der Waals surface area contributed by atoms with Crippen molar-refractivity contribution in [2.24, 2.45) is 17.6 Å². The fourth-order valence-corrected chi connectivity index (χ4v) is 2.50. The molecule has 5 heteroatoms. The first-order chi connectivity index (χ1) is 8.00. The maximum atomic E-state index is 6.28. The van der Waals surface area contributed by atoms with E-state index in [4.69, 9.17) is 17.3 Å². The van der Waals surface area contributed by atoms with Crippen molar-refractivity contribution < 1.29 is 0 Å². The molecule has 1 aromatic rings. The van der Waals surface area contributed by atoms with E-state index in [0.717, 1.165) is 24.7 Å². The lowest BCUT2D eigenvalue weighted by atomic mass is 10.1. The van der Waals surface area contributed by atoms with E-state index in [1.54, 1.807) is 6.20 Å². The van der Waals surface area contributed by atoms with Crippen LogP contribution in [0.25, 0.3) is 0 Å². The van der Waals surface area contributed by atoms with Crippen molar-refractivity contribution in [3.8, 4) is 0 Å². The van der Waals surface area contributed by atoms with E-state index in [1.165, 1.54) is 6.42 Å². The number of aromatic nitrogens is 2. The average Bonchev–Trinajstić information content (AvgIpc) is 2.86. The van der Waals surface area contributed by atoms with E-state index in [0.29, 0.717) is 10.9 Å². The van der Waals surface area contributed by atoms with Crippen molar-refractivity contribution in [1.82, 2.24) is 14.7 Å². The Hall–Kier alpha value is -0.580. The molecule has 1 aliphatic rings. The summed E-state index contributed by atoms with van der Waals surface area (Å²) in [6.45, 7) is 4.01. The molecule has 0 spiro atoms. The van der Waals surface area contributed by atoms with Gasteiger partial charge < -0.3 is 10.6 Å². The molecule has 0 aliphatic heterocycles. The first kappa shape index (κ1) is 12.9. The van der Waals surface area contributed by atoms with E-state index < -0.39 is 0 Å². The predicted molar refractivity (Wildman–Crippen MR) is 70.0 cm³/mol. The molecule has 1 fully saturated rings. The molecule has 0 aromatic carbocycles. The Balaban J connectivity index is 2.11. The molecule has 1 aliphatic carbocycles. The minimum Gasteiger partial charge on any atom is -0.322 e. The van der Waals surface area contributed by atoms with Crippen LogP contribution >= 0.6 is 11.6 Å². The van der Waals surface area contributed by atoms with Gasteiger partial charge in [0.2, 0.25) is 0 Å². The van der Waals surface area contributed by atoms with Crippen LogP contribution < -0.4 is 5.73 Å². The summed E-state index contributed by atoms with van der Waals surface area (Å²) >= 11 is 6.20. The second-order valence-electron chi connectivity index (χ2n) is 5.31. The summed E-state index contributed by atoms with van der Waals surface area (Å²) in [6, 6.07) is 0.0298. The SMILES string of the molecule is CC1CC1C(N)c1c(Cl)cnn1CCN(C)C. The van der Waals surface area contributed by atoms with Crippen LogP contribution in [-0.2, 0) is 6.54 Å². The summed E-state index contributed by atoms with van der Waals surface area (Å²) in [6.07, 6.45) is 2.91. The zero-order valence-corrected chi connectivity index (χ0v) is 11.5. The van der Waals surface area contributed by atoms with Crippen LogP contribution in [-0.4, -0.2) is 35.3 Å². The normalized spacial score (nSPS) is 25.3. The van der Waals surface area contributed by atoms with E-state index in [1.807, 2.05) is 18.8 Å². The minimum absolute atomic E-state index is 0.0298. The lowest BCUT2D eigenvalue weighted by Gasteiger charge is -2.16. The van der Waals surface area contributed by atoms with Gasteiger partial charge in [0, 0.05) is 6.54 Å². The molecule has 2 rings (SSSR count). The summed E-state index contributed by atoms with van der Waals surface area (Å²) in [5, 5.41) is 5.03. The number of hydrogen-bond acceptors (Lipinski definition) is 3. The summed E-state index contributed by atoms with van der Waals surface area (Å²) < 4.78 is 1.96. The van der Waals surface area contributed by atoms with Gasteiger partial charge in [0.1, 0.15) is 0 Å². The van der Waals surface area contributed by atoms with E-state index >= 15 is 0 Å². The Morgan fingerprint density at radius 3 is 2.82 bits per heavy atom. The standard InChI is InChI=1S/C12H21ClN4/c1-8-6-9(8)11(14)12-10(13)7-15-17(12)5-4-16(2)3/h7-9,11H,4-6,14H2,1-3H3. The molecule has 0 radical (unpaired) electrons. The highest BCUT2D eigenvalue weighted by molar-refractivity contribution is 6.31. The average molecular weight is 257 g/mol. The first-order valence-corrected chi connectivity index (χ1v) is 6.50. The van der Waals surface area contributed by atoms with E-state index in [2.05, 4.69) is 16.9 Å². The molecule has 17 heavy (non-hydrogen) atoms. The third-order valence-electron chi connectivity index (χ3n) is 3.54. The van der Waals surface area contributed by atoms with Crippen LogP contribution in [0.5, 0.6) is 0 Å². The zero-order valence-electron chi connectivity index (χ0n) is 10.7. The number of rotatable bonds is 5. The molecule has 0 amide bonds. The lowest BCUT2D eigenvalue weighted by Crippen LogP contribution is -2.24. The van der Waals surface area contributed by atoms with Crippen LogP contribution in [0.15, 0.2) is 6.20 Å². The van der Waals surface area contributed by atoms with Gasteiger partial charge in [-0.15, -0.1) is 0 Å². The summed E-state index contributed by atoms with van der Waals surface area (Å²) in [7, 11) is 4.10. The molecule has 2 N–H and O–H groups in total. The summed E-state index contributed by atoms with van der Waals surface area (Å²) in [4.78, 5) is 2.13. The van der Waals surface area contributed by atoms with Gasteiger partial charge in [-0.25, -0.2) is 0 Å². The number of likely N-dealkylation sites (N-methyl/N-ethyl adjacent to an activating group) is 1. The molecule has 0 bridgehead atoms. The van der Waals surface area contributed by atoms with Crippen molar-refractivity contribution in [2.45, 2.75) is 25.9 Å². The maximum Gasteiger partial charge on any atom is 0.0834 e. The van der Waals surface area contributed by atoms with Gasteiger partial charge in [0.25, 0.3) is 0 Å². The molecular weight excluding hydrogens is 236 g/mol. The second-order valence-corrected chi connectivity index (χ2v) is 5.71. The van der Waals surface area contributed by atoms with Gasteiger partial charge in [-0.1, -0.05) is 18.5 Å². The third-order valence-corrected chi connectivity index (χ3v) is 3.83. The first-order valence-electron chi connectivity index (χ1n) is 6.12. The highest BCUT2D eigenvalue weighted by Crippen LogP contribution is 2.46. The molecule has 3 atom stereocenters. The van der Waals surface area contributed by atoms with Crippen molar-refractivity contribution in [3.63, 3.8) is 0 Å². The summed E-state index contributed by atoms with van der Waals surface area (Å²) in [5.41, 5.74) is 7.29. The Kier molecular flexibility index (Phi) is 3.76. The molecule has 0 saturated heterocycles. The number of hydrogen-bond donors (Lipinski definition) is 1. The third kappa shape index (κ3) is 2.81. The molecule has 4 nitrogen and oxygen atoms in total. The molecule has 1 aromatic heterocycles. The van der Waals surface area contributed by atoms with Crippen molar-refractivity contribution in [3.05, 3.63) is 16.9 Å². The monoisotopic (exact) mass is 256 g/mol. The van der Waals surface area contributed by atoms with Gasteiger partial charge in [-0.2, -0.15) is 5.10 Å². The highest BCUT2D eigenvalue weighted by atomic mass is 35.5. The fourth-order valence-electron chi connectivity index (χ4n) is 2.23. The topological polar surface area (TPSA) is 47.1 Å². The molecule has 96 valence electrons. The quantitative estimate of drug-likeness (QED) is 0.873. The van der Waals surface area contributed by atoms with Crippen molar-refractivity contribution >= 4 is 11.6 Å². The van der Waals surface area contributed by atoms with Crippen molar-refractivity contribution in [1.29, 1.82) is 0 Å². The van der Waals surface area contributed by atoms with Crippen molar-refractivity contribution in [2.75, 3.05) is 20.6 Å². The van der Waals surface area contributed by atoms with Crippen LogP contribution in [0, 0.1) is 11.8 Å². The molecular formula is C12H21ClN4. The van der Waals surface area contributed by atoms with Crippen LogP contribution in [0.4, 0.5) is 0 Å². The van der Waals surface area contributed by atoms with Crippen LogP contribution in [0.1, 0.15) is 25.1 Å². The number of nitrogens with zero attached hydrogens (tertiary/aromatic N) is 3. The number of nitrogens with two attached hydrogens (primary N) is 1. The molecule has 3 unspecified atom stereocenters. The summed E-state index contributed by atoms with van der Waals surface area (Å²) in [5.74, 6) is 1.29. The Labute approximate surface area is 108 Å². The van der Waals surface area contributed by atoms with Gasteiger partial charge >= 0.3 is 0 Å². The van der Waals surface area contributed by atoms with Gasteiger partial charge in [0.15, 0.2) is 0 Å². The second kappa shape index (κ2) is 4.96. The highest BCUT2D eigenvalue weighted by Gasteiger charge is 2.40. The molecule has 1 saturated carbocycles. The van der Waals surface area contributed by atoms with Crippen LogP contribution in [0.2, 0.25) is 5.02 Å². The Morgan fingerprint density at radius 1 is 1.65 bits per heavy atom. The molecule has 1 heterocycles. The van der Waals surface area contributed by atoms with E-state index in [9.17, 15) is 0 Å². The lowest BCUT2D eigenvalue weighted by molar-refractivity contribution is 0.364. The smallest absolute Gasteiger partial charge is 0.0834 e. The van der Waals surface area contributed by atoms with Crippen LogP contribution in [0.3, 0.4) is 0 Å².